The zero-order valence-electron chi connectivity index (χ0n) is 13.5. The van der Waals surface area contributed by atoms with E-state index in [-0.39, 0.29) is 18.0 Å². The van der Waals surface area contributed by atoms with Gasteiger partial charge in [-0.1, -0.05) is 23.4 Å². The number of aromatic nitrogens is 2. The molecule has 1 aromatic carbocycles. The summed E-state index contributed by atoms with van der Waals surface area (Å²) < 4.78 is 5.26. The number of amides is 1. The van der Waals surface area contributed by atoms with Crippen LogP contribution in [0.5, 0.6) is 0 Å². The summed E-state index contributed by atoms with van der Waals surface area (Å²) >= 11 is 0. The van der Waals surface area contributed by atoms with E-state index in [1.54, 1.807) is 0 Å². The smallest absolute Gasteiger partial charge is 0.251 e. The molecule has 0 unspecified atom stereocenters. The molecule has 1 amide bonds. The van der Waals surface area contributed by atoms with Crippen LogP contribution in [0.2, 0.25) is 0 Å². The number of carbonyl (C=O) groups excluding carboxylic acids is 1. The van der Waals surface area contributed by atoms with Crippen LogP contribution in [0.4, 0.5) is 0 Å². The highest BCUT2D eigenvalue weighted by Crippen LogP contribution is 2.23. The van der Waals surface area contributed by atoms with E-state index >= 15 is 0 Å². The Kier molecular flexibility index (Phi) is 4.71. The minimum atomic E-state index is 0.00428. The maximum absolute atomic E-state index is 12.2. The molecule has 1 N–H and O–H groups in total. The Hall–Kier alpha value is -2.21. The molecule has 2 aromatic rings. The molecule has 1 aromatic heterocycles. The molecule has 23 heavy (non-hydrogen) atoms. The zero-order chi connectivity index (χ0) is 16.2. The molecule has 3 rings (SSSR count). The van der Waals surface area contributed by atoms with Gasteiger partial charge in [0.05, 0.1) is 6.04 Å². The minimum absolute atomic E-state index is 0.00428. The number of nitrogens with one attached hydrogen (secondary N) is 1. The largest absolute Gasteiger partial charge is 0.349 e. The van der Waals surface area contributed by atoms with Gasteiger partial charge in [-0.2, -0.15) is 4.98 Å². The Morgan fingerprint density at radius 2 is 2.00 bits per heavy atom. The number of nitrogens with zero attached hydrogens (tertiary/aromatic N) is 3. The van der Waals surface area contributed by atoms with Gasteiger partial charge in [-0.25, -0.2) is 0 Å². The van der Waals surface area contributed by atoms with Crippen molar-refractivity contribution in [3.63, 3.8) is 0 Å². The van der Waals surface area contributed by atoms with Gasteiger partial charge in [0.1, 0.15) is 0 Å². The number of benzene rings is 1. The fraction of sp³-hybridized carbons (Fsp3) is 0.471. The van der Waals surface area contributed by atoms with Gasteiger partial charge in [-0.3, -0.25) is 9.69 Å². The van der Waals surface area contributed by atoms with Gasteiger partial charge in [0.2, 0.25) is 5.89 Å². The lowest BCUT2D eigenvalue weighted by molar-refractivity contribution is 0.0881. The molecule has 6 nitrogen and oxygen atoms in total. The Balaban J connectivity index is 1.51. The molecule has 1 fully saturated rings. The molecule has 1 aliphatic rings. The first-order valence-corrected chi connectivity index (χ1v) is 8.03. The first-order valence-electron chi connectivity index (χ1n) is 8.03. The van der Waals surface area contributed by atoms with Gasteiger partial charge in [0.15, 0.2) is 5.82 Å². The van der Waals surface area contributed by atoms with Crippen molar-refractivity contribution in [2.75, 3.05) is 13.1 Å². The average Bonchev–Trinajstić information content (AvgIpc) is 3.02. The molecule has 0 bridgehead atoms. The number of rotatable bonds is 4. The topological polar surface area (TPSA) is 71.3 Å². The highest BCUT2D eigenvalue weighted by atomic mass is 16.5. The Morgan fingerprint density at radius 1 is 1.30 bits per heavy atom. The molecular weight excluding hydrogens is 292 g/mol. The van der Waals surface area contributed by atoms with Crippen molar-refractivity contribution in [1.82, 2.24) is 20.4 Å². The predicted molar refractivity (Wildman–Crippen MR) is 86.0 cm³/mol. The van der Waals surface area contributed by atoms with Crippen LogP contribution in [0.1, 0.15) is 47.9 Å². The number of carbonyl (C=O) groups is 1. The van der Waals surface area contributed by atoms with E-state index in [9.17, 15) is 4.79 Å². The zero-order valence-corrected chi connectivity index (χ0v) is 13.5. The predicted octanol–water partition coefficient (Wildman–Crippen LogP) is 2.33. The Labute approximate surface area is 135 Å². The Morgan fingerprint density at radius 3 is 2.61 bits per heavy atom. The minimum Gasteiger partial charge on any atom is -0.349 e. The molecule has 1 atom stereocenters. The number of piperidine rings is 1. The summed E-state index contributed by atoms with van der Waals surface area (Å²) in [7, 11) is 0. The maximum Gasteiger partial charge on any atom is 0.251 e. The molecule has 1 aliphatic heterocycles. The molecule has 1 saturated heterocycles. The maximum atomic E-state index is 12.2. The van der Waals surface area contributed by atoms with E-state index < -0.39 is 0 Å². The fourth-order valence-corrected chi connectivity index (χ4v) is 2.93. The van der Waals surface area contributed by atoms with Crippen molar-refractivity contribution in [2.24, 2.45) is 0 Å². The van der Waals surface area contributed by atoms with Gasteiger partial charge < -0.3 is 9.84 Å². The van der Waals surface area contributed by atoms with Crippen LogP contribution in [0.3, 0.4) is 0 Å². The van der Waals surface area contributed by atoms with Crippen molar-refractivity contribution in [2.45, 2.75) is 38.8 Å². The first kappa shape index (κ1) is 15.7. The van der Waals surface area contributed by atoms with Crippen molar-refractivity contribution in [3.8, 4) is 0 Å². The summed E-state index contributed by atoms with van der Waals surface area (Å²) in [5, 5.41) is 6.97. The van der Waals surface area contributed by atoms with Crippen molar-refractivity contribution in [1.29, 1.82) is 0 Å². The second-order valence-corrected chi connectivity index (χ2v) is 6.01. The van der Waals surface area contributed by atoms with Crippen LogP contribution < -0.4 is 5.32 Å². The number of hydrogen-bond acceptors (Lipinski definition) is 5. The van der Waals surface area contributed by atoms with Gasteiger partial charge in [0.25, 0.3) is 5.91 Å². The van der Waals surface area contributed by atoms with E-state index in [1.165, 1.54) is 0 Å². The lowest BCUT2D eigenvalue weighted by Gasteiger charge is -2.34. The van der Waals surface area contributed by atoms with Gasteiger partial charge in [-0.15, -0.1) is 0 Å². The molecule has 0 spiro atoms. The summed E-state index contributed by atoms with van der Waals surface area (Å²) in [5.41, 5.74) is 0.713. The summed E-state index contributed by atoms with van der Waals surface area (Å²) in [4.78, 5) is 18.8. The molecule has 2 heterocycles. The van der Waals surface area contributed by atoms with E-state index in [0.717, 1.165) is 25.9 Å². The van der Waals surface area contributed by atoms with Gasteiger partial charge in [-0.05, 0) is 38.8 Å². The average molecular weight is 314 g/mol. The standard InChI is InChI=1S/C17H22N4O2/c1-12(17-18-13(2)20-23-17)21-10-8-15(9-11-21)19-16(22)14-6-4-3-5-7-14/h3-7,12,15H,8-11H2,1-2H3,(H,19,22)/t12-/m1/s1. The van der Waals surface area contributed by atoms with Crippen LogP contribution in [0.15, 0.2) is 34.9 Å². The molecule has 0 radical (unpaired) electrons. The van der Waals surface area contributed by atoms with Gasteiger partial charge in [0, 0.05) is 24.7 Å². The monoisotopic (exact) mass is 314 g/mol. The lowest BCUT2D eigenvalue weighted by Crippen LogP contribution is -2.45. The van der Waals surface area contributed by atoms with E-state index in [1.807, 2.05) is 37.3 Å². The lowest BCUT2D eigenvalue weighted by atomic mass is 10.0. The third kappa shape index (κ3) is 3.76. The second kappa shape index (κ2) is 6.91. The summed E-state index contributed by atoms with van der Waals surface area (Å²) in [6.45, 7) is 5.71. The summed E-state index contributed by atoms with van der Waals surface area (Å²) in [5.74, 6) is 1.33. The molecule has 122 valence electrons. The number of aryl methyl sites for hydroxylation is 1. The highest BCUT2D eigenvalue weighted by molar-refractivity contribution is 5.94. The fourth-order valence-electron chi connectivity index (χ4n) is 2.93. The van der Waals surface area contributed by atoms with Gasteiger partial charge >= 0.3 is 0 Å². The van der Waals surface area contributed by atoms with Crippen LogP contribution in [-0.2, 0) is 0 Å². The third-order valence-corrected chi connectivity index (χ3v) is 4.35. The van der Waals surface area contributed by atoms with Crippen LogP contribution in [0, 0.1) is 6.92 Å². The van der Waals surface area contributed by atoms with E-state index in [2.05, 4.69) is 27.3 Å². The van der Waals surface area contributed by atoms with Crippen molar-refractivity contribution < 1.29 is 9.32 Å². The normalized spacial score (nSPS) is 17.8. The SMILES string of the molecule is Cc1noc([C@@H](C)N2CCC(NC(=O)c3ccccc3)CC2)n1. The second-order valence-electron chi connectivity index (χ2n) is 6.01. The van der Waals surface area contributed by atoms with E-state index in [4.69, 9.17) is 4.52 Å². The summed E-state index contributed by atoms with van der Waals surface area (Å²) in [6, 6.07) is 9.68. The van der Waals surface area contributed by atoms with E-state index in [0.29, 0.717) is 17.3 Å². The highest BCUT2D eigenvalue weighted by Gasteiger charge is 2.27. The number of likely N-dealkylation sites (tertiary alicyclic amines) is 1. The van der Waals surface area contributed by atoms with Crippen LogP contribution in [-0.4, -0.2) is 40.1 Å². The molecule has 0 aliphatic carbocycles. The molecule has 6 heteroatoms. The first-order chi connectivity index (χ1) is 11.1. The molecular formula is C17H22N4O2. The van der Waals surface area contributed by atoms with Crippen molar-refractivity contribution in [3.05, 3.63) is 47.6 Å². The van der Waals surface area contributed by atoms with Crippen molar-refractivity contribution >= 4 is 5.91 Å². The molecule has 0 saturated carbocycles. The number of hydrogen-bond donors (Lipinski definition) is 1. The quantitative estimate of drug-likeness (QED) is 0.938. The third-order valence-electron chi connectivity index (χ3n) is 4.35. The van der Waals surface area contributed by atoms with Crippen LogP contribution in [0.25, 0.3) is 0 Å². The van der Waals surface area contributed by atoms with Crippen LogP contribution >= 0.6 is 0 Å². The summed E-state index contributed by atoms with van der Waals surface area (Å²) in [6.07, 6.45) is 1.85. The Bertz CT molecular complexity index is 648.